The first-order chi connectivity index (χ1) is 11.6. The summed E-state index contributed by atoms with van der Waals surface area (Å²) in [4.78, 5) is 12.0. The molecular formula is C16H17FN6O. The van der Waals surface area contributed by atoms with E-state index in [9.17, 15) is 9.18 Å². The van der Waals surface area contributed by atoms with E-state index >= 15 is 0 Å². The Morgan fingerprint density at radius 2 is 1.96 bits per heavy atom. The molecule has 8 heteroatoms. The first-order valence-electron chi connectivity index (χ1n) is 7.51. The minimum atomic E-state index is -0.367. The highest BCUT2D eigenvalue weighted by atomic mass is 19.1. The van der Waals surface area contributed by atoms with Gasteiger partial charge in [0.05, 0.1) is 11.4 Å². The number of carbonyl (C=O) groups is 1. The Balaban J connectivity index is 1.61. The van der Waals surface area contributed by atoms with Gasteiger partial charge >= 0.3 is 0 Å². The van der Waals surface area contributed by atoms with E-state index in [0.717, 1.165) is 16.9 Å². The van der Waals surface area contributed by atoms with Crippen LogP contribution in [0.1, 0.15) is 21.6 Å². The Morgan fingerprint density at radius 1 is 1.21 bits per heavy atom. The van der Waals surface area contributed by atoms with Crippen LogP contribution in [0.3, 0.4) is 0 Å². The highest BCUT2D eigenvalue weighted by Crippen LogP contribution is 2.20. The average molecular weight is 328 g/mol. The summed E-state index contributed by atoms with van der Waals surface area (Å²) in [5.41, 5.74) is 3.77. The molecule has 1 aromatic carbocycles. The van der Waals surface area contributed by atoms with E-state index < -0.39 is 0 Å². The highest BCUT2D eigenvalue weighted by Gasteiger charge is 2.11. The van der Waals surface area contributed by atoms with Crippen molar-refractivity contribution in [3.05, 3.63) is 53.2 Å². The Bertz CT molecular complexity index is 874. The quantitative estimate of drug-likeness (QED) is 0.697. The Kier molecular flexibility index (Phi) is 4.37. The second-order valence-electron chi connectivity index (χ2n) is 5.37. The van der Waals surface area contributed by atoms with E-state index in [0.29, 0.717) is 24.3 Å². The van der Waals surface area contributed by atoms with E-state index in [1.165, 1.54) is 24.3 Å². The lowest BCUT2D eigenvalue weighted by Gasteiger charge is -2.12. The van der Waals surface area contributed by atoms with Crippen LogP contribution in [0.15, 0.2) is 30.6 Å². The molecule has 7 nitrogen and oxygen atoms in total. The van der Waals surface area contributed by atoms with E-state index in [-0.39, 0.29) is 11.7 Å². The van der Waals surface area contributed by atoms with E-state index in [2.05, 4.69) is 25.9 Å². The van der Waals surface area contributed by atoms with Crippen molar-refractivity contribution in [2.24, 2.45) is 0 Å². The summed E-state index contributed by atoms with van der Waals surface area (Å²) >= 11 is 0. The van der Waals surface area contributed by atoms with Crippen molar-refractivity contribution in [1.82, 2.24) is 25.1 Å². The summed E-state index contributed by atoms with van der Waals surface area (Å²) in [5, 5.41) is 18.3. The molecule has 3 aromatic rings. The maximum atomic E-state index is 12.9. The molecule has 1 amide bonds. The molecule has 2 N–H and O–H groups in total. The standard InChI is InChI=1S/C16H17FN6O/c1-10-11(2)22-23-9-20-21-15(23)14(10)18-7-8-19-16(24)12-3-5-13(17)6-4-12/h3-6,9,18H,7-8H2,1-2H3,(H,19,24). The van der Waals surface area contributed by atoms with Crippen LogP contribution in [0.2, 0.25) is 0 Å². The van der Waals surface area contributed by atoms with E-state index in [1.54, 1.807) is 10.8 Å². The van der Waals surface area contributed by atoms with Crippen molar-refractivity contribution >= 4 is 17.2 Å². The van der Waals surface area contributed by atoms with Crippen LogP contribution < -0.4 is 10.6 Å². The van der Waals surface area contributed by atoms with Crippen molar-refractivity contribution in [3.63, 3.8) is 0 Å². The molecule has 0 aliphatic carbocycles. The van der Waals surface area contributed by atoms with E-state index in [4.69, 9.17) is 0 Å². The predicted molar refractivity (Wildman–Crippen MR) is 87.5 cm³/mol. The van der Waals surface area contributed by atoms with Gasteiger partial charge in [0.15, 0.2) is 0 Å². The third-order valence-corrected chi connectivity index (χ3v) is 3.75. The molecule has 0 bridgehead atoms. The zero-order valence-electron chi connectivity index (χ0n) is 13.4. The van der Waals surface area contributed by atoms with Gasteiger partial charge in [-0.1, -0.05) is 0 Å². The molecule has 0 aliphatic heterocycles. The first-order valence-corrected chi connectivity index (χ1v) is 7.51. The van der Waals surface area contributed by atoms with Gasteiger partial charge in [0.2, 0.25) is 5.65 Å². The molecule has 0 unspecified atom stereocenters. The molecule has 0 spiro atoms. The lowest BCUT2D eigenvalue weighted by atomic mass is 10.2. The molecule has 0 fully saturated rings. The molecule has 0 saturated carbocycles. The van der Waals surface area contributed by atoms with Gasteiger partial charge in [-0.3, -0.25) is 4.79 Å². The molecule has 0 radical (unpaired) electrons. The molecule has 0 atom stereocenters. The van der Waals surface area contributed by atoms with Gasteiger partial charge in [-0.05, 0) is 43.7 Å². The first kappa shape index (κ1) is 15.9. The van der Waals surface area contributed by atoms with E-state index in [1.807, 2.05) is 13.8 Å². The normalized spacial score (nSPS) is 10.8. The number of hydrogen-bond donors (Lipinski definition) is 2. The SMILES string of the molecule is Cc1nn2cnnc2c(NCCNC(=O)c2ccc(F)cc2)c1C. The third-order valence-electron chi connectivity index (χ3n) is 3.75. The van der Waals surface area contributed by atoms with Gasteiger partial charge in [0.25, 0.3) is 5.91 Å². The Morgan fingerprint density at radius 3 is 2.71 bits per heavy atom. The van der Waals surface area contributed by atoms with Crippen LogP contribution in [0.4, 0.5) is 10.1 Å². The number of nitrogens with zero attached hydrogens (tertiary/aromatic N) is 4. The van der Waals surface area contributed by atoms with Crippen LogP contribution in [-0.4, -0.2) is 38.8 Å². The predicted octanol–water partition coefficient (Wildman–Crippen LogP) is 1.72. The molecule has 3 rings (SSSR count). The summed E-state index contributed by atoms with van der Waals surface area (Å²) in [6.45, 7) is 4.80. The number of benzene rings is 1. The number of halogens is 1. The van der Waals surface area contributed by atoms with Crippen molar-refractivity contribution in [2.45, 2.75) is 13.8 Å². The Hall–Kier alpha value is -3.03. The largest absolute Gasteiger partial charge is 0.380 e. The lowest BCUT2D eigenvalue weighted by molar-refractivity contribution is 0.0955. The maximum Gasteiger partial charge on any atom is 0.251 e. The van der Waals surface area contributed by atoms with Crippen molar-refractivity contribution in [3.8, 4) is 0 Å². The number of aromatic nitrogens is 4. The molecule has 24 heavy (non-hydrogen) atoms. The lowest BCUT2D eigenvalue weighted by Crippen LogP contribution is -2.29. The summed E-state index contributed by atoms with van der Waals surface area (Å²) in [5.74, 6) is -0.610. The van der Waals surface area contributed by atoms with Crippen LogP contribution in [-0.2, 0) is 0 Å². The summed E-state index contributed by atoms with van der Waals surface area (Å²) in [6.07, 6.45) is 1.54. The van der Waals surface area contributed by atoms with Crippen molar-refractivity contribution in [1.29, 1.82) is 0 Å². The molecule has 2 aromatic heterocycles. The van der Waals surface area contributed by atoms with Gasteiger partial charge in [-0.2, -0.15) is 9.61 Å². The number of rotatable bonds is 5. The fourth-order valence-corrected chi connectivity index (χ4v) is 2.33. The smallest absolute Gasteiger partial charge is 0.251 e. The van der Waals surface area contributed by atoms with Crippen molar-refractivity contribution < 1.29 is 9.18 Å². The second-order valence-corrected chi connectivity index (χ2v) is 5.37. The molecular weight excluding hydrogens is 311 g/mol. The van der Waals surface area contributed by atoms with Gasteiger partial charge in [-0.15, -0.1) is 10.2 Å². The van der Waals surface area contributed by atoms with Gasteiger partial charge < -0.3 is 10.6 Å². The minimum absolute atomic E-state index is 0.243. The van der Waals surface area contributed by atoms with Crippen LogP contribution >= 0.6 is 0 Å². The molecule has 0 aliphatic rings. The van der Waals surface area contributed by atoms with Gasteiger partial charge in [-0.25, -0.2) is 4.39 Å². The monoisotopic (exact) mass is 328 g/mol. The minimum Gasteiger partial charge on any atom is -0.380 e. The van der Waals surface area contributed by atoms with Crippen LogP contribution in [0, 0.1) is 19.7 Å². The highest BCUT2D eigenvalue weighted by molar-refractivity contribution is 5.94. The second kappa shape index (κ2) is 6.61. The number of fused-ring (bicyclic) bond motifs is 1. The molecule has 2 heterocycles. The maximum absolute atomic E-state index is 12.9. The average Bonchev–Trinajstić information content (AvgIpc) is 3.02. The van der Waals surface area contributed by atoms with Crippen LogP contribution in [0.25, 0.3) is 5.65 Å². The van der Waals surface area contributed by atoms with Crippen molar-refractivity contribution in [2.75, 3.05) is 18.4 Å². The topological polar surface area (TPSA) is 84.2 Å². The zero-order valence-corrected chi connectivity index (χ0v) is 13.4. The van der Waals surface area contributed by atoms with Gasteiger partial charge in [0.1, 0.15) is 12.1 Å². The van der Waals surface area contributed by atoms with Crippen LogP contribution in [0.5, 0.6) is 0 Å². The fraction of sp³-hybridized carbons (Fsp3) is 0.250. The summed E-state index contributed by atoms with van der Waals surface area (Å²) in [6, 6.07) is 5.43. The number of hydrogen-bond acceptors (Lipinski definition) is 5. The number of nitrogens with one attached hydrogen (secondary N) is 2. The summed E-state index contributed by atoms with van der Waals surface area (Å²) < 4.78 is 14.5. The fourth-order valence-electron chi connectivity index (χ4n) is 2.33. The number of anilines is 1. The molecule has 124 valence electrons. The zero-order chi connectivity index (χ0) is 17.1. The third kappa shape index (κ3) is 3.17. The number of aryl methyl sites for hydroxylation is 1. The number of amides is 1. The molecule has 0 saturated heterocycles. The van der Waals surface area contributed by atoms with Gasteiger partial charge in [0, 0.05) is 18.7 Å². The Labute approximate surface area is 137 Å². The summed E-state index contributed by atoms with van der Waals surface area (Å²) in [7, 11) is 0. The number of carbonyl (C=O) groups excluding carboxylic acids is 1.